The number of nitrogen functional groups attached to an aromatic ring is 1. The number of nitrogens with zero attached hydrogens (tertiary/aromatic N) is 2. The predicted octanol–water partition coefficient (Wildman–Crippen LogP) is 1.46. The average molecular weight is 249 g/mol. The molecular formula is C12H12FN3O2. The zero-order valence-corrected chi connectivity index (χ0v) is 9.54. The van der Waals surface area contributed by atoms with Crippen LogP contribution in [0.5, 0.6) is 0 Å². The first-order valence-electron chi connectivity index (χ1n) is 5.36. The van der Waals surface area contributed by atoms with Crippen molar-refractivity contribution >= 4 is 11.7 Å². The highest BCUT2D eigenvalue weighted by atomic mass is 19.1. The van der Waals surface area contributed by atoms with Crippen LogP contribution in [-0.4, -0.2) is 22.4 Å². The Morgan fingerprint density at radius 3 is 3.00 bits per heavy atom. The molecule has 0 aliphatic heterocycles. The van der Waals surface area contributed by atoms with Gasteiger partial charge in [0.2, 0.25) is 0 Å². The third-order valence-corrected chi connectivity index (χ3v) is 2.35. The lowest BCUT2D eigenvalue weighted by Crippen LogP contribution is -2.12. The molecule has 0 atom stereocenters. The topological polar surface area (TPSA) is 70.1 Å². The van der Waals surface area contributed by atoms with E-state index in [1.807, 2.05) is 0 Å². The van der Waals surface area contributed by atoms with Gasteiger partial charge in [-0.3, -0.25) is 4.68 Å². The van der Waals surface area contributed by atoms with Crippen molar-refractivity contribution in [1.82, 2.24) is 9.78 Å². The lowest BCUT2D eigenvalue weighted by molar-refractivity contribution is 0.0487. The van der Waals surface area contributed by atoms with Crippen molar-refractivity contribution in [3.8, 4) is 0 Å². The molecule has 0 unspecified atom stereocenters. The maximum atomic E-state index is 13.1. The largest absolute Gasteiger partial charge is 0.460 e. The Bertz CT molecular complexity index is 540. The summed E-state index contributed by atoms with van der Waals surface area (Å²) in [6.45, 7) is 0.628. The van der Waals surface area contributed by atoms with Crippen LogP contribution in [0, 0.1) is 5.82 Å². The summed E-state index contributed by atoms with van der Waals surface area (Å²) in [7, 11) is 0. The van der Waals surface area contributed by atoms with Crippen LogP contribution in [0.2, 0.25) is 0 Å². The molecule has 0 aliphatic carbocycles. The van der Waals surface area contributed by atoms with Crippen LogP contribution in [0.25, 0.3) is 0 Å². The van der Waals surface area contributed by atoms with Crippen molar-refractivity contribution in [3.63, 3.8) is 0 Å². The van der Waals surface area contributed by atoms with Crippen LogP contribution < -0.4 is 5.73 Å². The minimum Gasteiger partial charge on any atom is -0.460 e. The third kappa shape index (κ3) is 2.85. The zero-order chi connectivity index (χ0) is 13.0. The Balaban J connectivity index is 1.89. The minimum absolute atomic E-state index is 0.00286. The summed E-state index contributed by atoms with van der Waals surface area (Å²) in [6.07, 6.45) is 3.40. The number of rotatable bonds is 4. The molecule has 94 valence electrons. The van der Waals surface area contributed by atoms with Gasteiger partial charge < -0.3 is 10.5 Å². The normalized spacial score (nSPS) is 10.3. The first-order valence-corrected chi connectivity index (χ1v) is 5.36. The number of carbonyl (C=O) groups excluding carboxylic acids is 1. The molecule has 1 aromatic carbocycles. The number of nitrogens with two attached hydrogens (primary N) is 1. The molecule has 0 saturated heterocycles. The second-order valence-electron chi connectivity index (χ2n) is 3.64. The molecule has 1 heterocycles. The quantitative estimate of drug-likeness (QED) is 0.658. The van der Waals surface area contributed by atoms with Crippen LogP contribution >= 0.6 is 0 Å². The predicted molar refractivity (Wildman–Crippen MR) is 63.3 cm³/mol. The van der Waals surface area contributed by atoms with Crippen LogP contribution in [0.3, 0.4) is 0 Å². The number of benzene rings is 1. The van der Waals surface area contributed by atoms with E-state index in [9.17, 15) is 9.18 Å². The molecule has 0 spiro atoms. The van der Waals surface area contributed by atoms with Crippen molar-refractivity contribution in [1.29, 1.82) is 0 Å². The fourth-order valence-corrected chi connectivity index (χ4v) is 1.40. The molecular weight excluding hydrogens is 237 g/mol. The lowest BCUT2D eigenvalue weighted by Gasteiger charge is -2.05. The number of halogens is 1. The molecule has 5 nitrogen and oxygen atoms in total. The Hall–Kier alpha value is -2.37. The van der Waals surface area contributed by atoms with E-state index in [4.69, 9.17) is 10.5 Å². The van der Waals surface area contributed by atoms with Crippen LogP contribution in [0.1, 0.15) is 10.4 Å². The Morgan fingerprint density at radius 2 is 2.33 bits per heavy atom. The second-order valence-corrected chi connectivity index (χ2v) is 3.64. The number of esters is 1. The number of hydrogen-bond acceptors (Lipinski definition) is 4. The van der Waals surface area contributed by atoms with Gasteiger partial charge in [-0.25, -0.2) is 9.18 Å². The molecule has 18 heavy (non-hydrogen) atoms. The monoisotopic (exact) mass is 249 g/mol. The van der Waals surface area contributed by atoms with Gasteiger partial charge in [0.15, 0.2) is 0 Å². The SMILES string of the molecule is Nc1ccc(C(=O)OCCn2cccn2)cc1F. The highest BCUT2D eigenvalue weighted by molar-refractivity contribution is 5.89. The van der Waals surface area contributed by atoms with Gasteiger partial charge in [-0.05, 0) is 24.3 Å². The number of hydrogen-bond donors (Lipinski definition) is 1. The smallest absolute Gasteiger partial charge is 0.338 e. The highest BCUT2D eigenvalue weighted by Crippen LogP contribution is 2.12. The van der Waals surface area contributed by atoms with E-state index in [0.29, 0.717) is 6.54 Å². The van der Waals surface area contributed by atoms with Gasteiger partial charge in [-0.15, -0.1) is 0 Å². The van der Waals surface area contributed by atoms with Crippen molar-refractivity contribution in [3.05, 3.63) is 48.0 Å². The summed E-state index contributed by atoms with van der Waals surface area (Å²) >= 11 is 0. The van der Waals surface area contributed by atoms with Gasteiger partial charge in [0.05, 0.1) is 17.8 Å². The third-order valence-electron chi connectivity index (χ3n) is 2.35. The second kappa shape index (κ2) is 5.31. The Morgan fingerprint density at radius 1 is 1.50 bits per heavy atom. The summed E-state index contributed by atoms with van der Waals surface area (Å²) in [5, 5.41) is 3.96. The van der Waals surface area contributed by atoms with E-state index in [2.05, 4.69) is 5.10 Å². The fourth-order valence-electron chi connectivity index (χ4n) is 1.40. The summed E-state index contributed by atoms with van der Waals surface area (Å²) in [4.78, 5) is 11.6. The molecule has 0 amide bonds. The van der Waals surface area contributed by atoms with Gasteiger partial charge in [0, 0.05) is 12.4 Å². The maximum Gasteiger partial charge on any atom is 0.338 e. The van der Waals surface area contributed by atoms with Gasteiger partial charge in [-0.1, -0.05) is 0 Å². The van der Waals surface area contributed by atoms with Crippen molar-refractivity contribution < 1.29 is 13.9 Å². The van der Waals surface area contributed by atoms with E-state index in [-0.39, 0.29) is 17.9 Å². The van der Waals surface area contributed by atoms with Crippen LogP contribution in [-0.2, 0) is 11.3 Å². The average Bonchev–Trinajstić information content (AvgIpc) is 2.85. The molecule has 2 aromatic rings. The van der Waals surface area contributed by atoms with E-state index >= 15 is 0 Å². The summed E-state index contributed by atoms with van der Waals surface area (Å²) < 4.78 is 19.8. The Kier molecular flexibility index (Phi) is 3.57. The number of aromatic nitrogens is 2. The van der Waals surface area contributed by atoms with Gasteiger partial charge in [-0.2, -0.15) is 5.10 Å². The summed E-state index contributed by atoms with van der Waals surface area (Å²) in [6, 6.07) is 5.59. The van der Waals surface area contributed by atoms with Crippen molar-refractivity contribution in [2.75, 3.05) is 12.3 Å². The molecule has 2 rings (SSSR count). The molecule has 0 aliphatic rings. The van der Waals surface area contributed by atoms with Gasteiger partial charge >= 0.3 is 5.97 Å². The maximum absolute atomic E-state index is 13.1. The van der Waals surface area contributed by atoms with E-state index in [1.54, 1.807) is 23.1 Å². The summed E-state index contributed by atoms with van der Waals surface area (Å²) in [5.74, 6) is -1.21. The first kappa shape index (κ1) is 12.1. The zero-order valence-electron chi connectivity index (χ0n) is 9.54. The van der Waals surface area contributed by atoms with Gasteiger partial charge in [0.1, 0.15) is 12.4 Å². The van der Waals surface area contributed by atoms with Crippen LogP contribution in [0.15, 0.2) is 36.7 Å². The first-order chi connectivity index (χ1) is 8.66. The Labute approximate surface area is 103 Å². The molecule has 0 bridgehead atoms. The van der Waals surface area contributed by atoms with Crippen molar-refractivity contribution in [2.24, 2.45) is 0 Å². The minimum atomic E-state index is -0.628. The molecule has 6 heteroatoms. The van der Waals surface area contributed by atoms with Crippen LogP contribution in [0.4, 0.5) is 10.1 Å². The molecule has 0 fully saturated rings. The van der Waals surface area contributed by atoms with E-state index in [0.717, 1.165) is 6.07 Å². The van der Waals surface area contributed by atoms with E-state index < -0.39 is 11.8 Å². The lowest BCUT2D eigenvalue weighted by atomic mass is 10.2. The number of anilines is 1. The standard InChI is InChI=1S/C12H12FN3O2/c13-10-8-9(2-3-11(10)14)12(17)18-7-6-16-5-1-4-15-16/h1-5,8H,6-7,14H2. The molecule has 2 N–H and O–H groups in total. The summed E-state index contributed by atoms with van der Waals surface area (Å²) in [5.41, 5.74) is 5.46. The van der Waals surface area contributed by atoms with Gasteiger partial charge in [0.25, 0.3) is 0 Å². The van der Waals surface area contributed by atoms with E-state index in [1.165, 1.54) is 12.1 Å². The molecule has 1 aromatic heterocycles. The highest BCUT2D eigenvalue weighted by Gasteiger charge is 2.09. The number of ether oxygens (including phenoxy) is 1. The fraction of sp³-hybridized carbons (Fsp3) is 0.167. The van der Waals surface area contributed by atoms with Crippen molar-refractivity contribution in [2.45, 2.75) is 6.54 Å². The molecule has 0 saturated carbocycles. The number of carbonyl (C=O) groups is 1. The molecule has 0 radical (unpaired) electrons.